The van der Waals surface area contributed by atoms with Crippen LogP contribution in [0, 0.1) is 6.92 Å². The Balaban J connectivity index is 1.99. The fraction of sp³-hybridized carbons (Fsp3) is 0.0455. The lowest BCUT2D eigenvalue weighted by Crippen LogP contribution is -2.04. The van der Waals surface area contributed by atoms with Gasteiger partial charge in [-0.25, -0.2) is 0 Å². The molecule has 3 nitrogen and oxygen atoms in total. The monoisotopic (exact) mass is 329 g/mol. The fourth-order valence-electron chi connectivity index (χ4n) is 2.47. The molecule has 0 atom stereocenters. The first-order valence-electron chi connectivity index (χ1n) is 8.06. The molecule has 0 amide bonds. The second-order valence-corrected chi connectivity index (χ2v) is 5.80. The number of benzene rings is 3. The van der Waals surface area contributed by atoms with Crippen molar-refractivity contribution in [1.82, 2.24) is 0 Å². The van der Waals surface area contributed by atoms with Gasteiger partial charge < -0.3 is 10.4 Å². The SMILES string of the molecule is Cc1ccc(/C(=C/C(=O)c2ccccc2)Nc2ccccc2O)cc1. The quantitative estimate of drug-likeness (QED) is 0.392. The van der Waals surface area contributed by atoms with Crippen molar-refractivity contribution in [1.29, 1.82) is 0 Å². The number of nitrogens with one attached hydrogen (secondary N) is 1. The third-order valence-corrected chi connectivity index (χ3v) is 3.87. The van der Waals surface area contributed by atoms with Crippen molar-refractivity contribution < 1.29 is 9.90 Å². The Kier molecular flexibility index (Phi) is 4.95. The first-order valence-corrected chi connectivity index (χ1v) is 8.06. The van der Waals surface area contributed by atoms with Gasteiger partial charge in [-0.15, -0.1) is 0 Å². The van der Waals surface area contributed by atoms with Gasteiger partial charge in [0.25, 0.3) is 0 Å². The molecule has 3 aromatic carbocycles. The highest BCUT2D eigenvalue weighted by atomic mass is 16.3. The van der Waals surface area contributed by atoms with Crippen LogP contribution in [-0.2, 0) is 0 Å². The molecule has 3 heteroatoms. The Morgan fingerprint density at radius 1 is 0.840 bits per heavy atom. The zero-order chi connectivity index (χ0) is 17.6. The minimum atomic E-state index is -0.0981. The third kappa shape index (κ3) is 4.15. The topological polar surface area (TPSA) is 49.3 Å². The van der Waals surface area contributed by atoms with Crippen molar-refractivity contribution in [2.75, 3.05) is 5.32 Å². The predicted octanol–water partition coefficient (Wildman–Crippen LogP) is 5.04. The number of phenolic OH excluding ortho intramolecular Hbond substituents is 1. The van der Waals surface area contributed by atoms with E-state index in [-0.39, 0.29) is 11.5 Å². The Morgan fingerprint density at radius 3 is 2.16 bits per heavy atom. The van der Waals surface area contributed by atoms with Crippen LogP contribution in [0.2, 0.25) is 0 Å². The van der Waals surface area contributed by atoms with E-state index >= 15 is 0 Å². The fourth-order valence-corrected chi connectivity index (χ4v) is 2.47. The lowest BCUT2D eigenvalue weighted by atomic mass is 10.0. The van der Waals surface area contributed by atoms with E-state index in [1.807, 2.05) is 55.5 Å². The van der Waals surface area contributed by atoms with Gasteiger partial charge in [0.2, 0.25) is 0 Å². The number of anilines is 1. The highest BCUT2D eigenvalue weighted by Gasteiger charge is 2.09. The summed E-state index contributed by atoms with van der Waals surface area (Å²) in [6.45, 7) is 2.01. The van der Waals surface area contributed by atoms with Crippen molar-refractivity contribution in [3.8, 4) is 5.75 Å². The molecule has 0 aliphatic rings. The number of ketones is 1. The summed E-state index contributed by atoms with van der Waals surface area (Å²) < 4.78 is 0. The molecule has 0 saturated heterocycles. The third-order valence-electron chi connectivity index (χ3n) is 3.87. The Hall–Kier alpha value is -3.33. The molecule has 0 aliphatic carbocycles. The van der Waals surface area contributed by atoms with E-state index < -0.39 is 0 Å². The van der Waals surface area contributed by atoms with Crippen molar-refractivity contribution in [2.24, 2.45) is 0 Å². The van der Waals surface area contributed by atoms with Gasteiger partial charge in [0.05, 0.1) is 5.69 Å². The summed E-state index contributed by atoms with van der Waals surface area (Å²) in [7, 11) is 0. The first-order chi connectivity index (χ1) is 12.1. The molecule has 0 spiro atoms. The number of phenols is 1. The van der Waals surface area contributed by atoms with Crippen LogP contribution >= 0.6 is 0 Å². The van der Waals surface area contributed by atoms with Crippen LogP contribution in [0.15, 0.2) is 84.9 Å². The van der Waals surface area contributed by atoms with Crippen LogP contribution in [0.4, 0.5) is 5.69 Å². The minimum absolute atomic E-state index is 0.0981. The second kappa shape index (κ2) is 7.49. The van der Waals surface area contributed by atoms with Gasteiger partial charge in [0, 0.05) is 17.3 Å². The molecule has 3 rings (SSSR count). The van der Waals surface area contributed by atoms with Gasteiger partial charge in [-0.1, -0.05) is 72.3 Å². The van der Waals surface area contributed by atoms with Crippen molar-refractivity contribution >= 4 is 17.2 Å². The molecule has 2 N–H and O–H groups in total. The highest BCUT2D eigenvalue weighted by molar-refractivity contribution is 6.09. The maximum absolute atomic E-state index is 12.6. The van der Waals surface area contributed by atoms with Crippen molar-refractivity contribution in [3.63, 3.8) is 0 Å². The normalized spacial score (nSPS) is 11.2. The number of aromatic hydroxyl groups is 1. The van der Waals surface area contributed by atoms with E-state index in [0.29, 0.717) is 16.9 Å². The van der Waals surface area contributed by atoms with Gasteiger partial charge >= 0.3 is 0 Å². The summed E-state index contributed by atoms with van der Waals surface area (Å²) in [5.41, 5.74) is 3.81. The van der Waals surface area contributed by atoms with Crippen LogP contribution in [0.3, 0.4) is 0 Å². The molecule has 3 aromatic rings. The second-order valence-electron chi connectivity index (χ2n) is 5.80. The smallest absolute Gasteiger partial charge is 0.187 e. The molecule has 0 aromatic heterocycles. The average Bonchev–Trinajstić information content (AvgIpc) is 2.64. The van der Waals surface area contributed by atoms with Crippen molar-refractivity contribution in [2.45, 2.75) is 6.92 Å². The number of hydrogen-bond donors (Lipinski definition) is 2. The molecule has 0 heterocycles. The van der Waals surface area contributed by atoms with Gasteiger partial charge in [-0.2, -0.15) is 0 Å². The number of aryl methyl sites for hydroxylation is 1. The summed E-state index contributed by atoms with van der Waals surface area (Å²) in [4.78, 5) is 12.6. The summed E-state index contributed by atoms with van der Waals surface area (Å²) in [6.07, 6.45) is 1.56. The summed E-state index contributed by atoms with van der Waals surface area (Å²) in [5.74, 6) is 0.0340. The first kappa shape index (κ1) is 16.5. The van der Waals surface area contributed by atoms with E-state index in [0.717, 1.165) is 11.1 Å². The van der Waals surface area contributed by atoms with Crippen LogP contribution in [0.25, 0.3) is 5.70 Å². The Labute approximate surface area is 147 Å². The lowest BCUT2D eigenvalue weighted by molar-refractivity contribution is 0.104. The van der Waals surface area contributed by atoms with E-state index in [9.17, 15) is 9.90 Å². The molecule has 124 valence electrons. The van der Waals surface area contributed by atoms with Crippen molar-refractivity contribution in [3.05, 3.63) is 102 Å². The van der Waals surface area contributed by atoms with E-state index in [4.69, 9.17) is 0 Å². The van der Waals surface area contributed by atoms with Gasteiger partial charge in [-0.3, -0.25) is 4.79 Å². The number of hydrogen-bond acceptors (Lipinski definition) is 3. The standard InChI is InChI=1S/C22H19NO2/c1-16-11-13-17(14-12-16)20(23-19-9-5-6-10-21(19)24)15-22(25)18-7-3-2-4-8-18/h2-15,23-24H,1H3/b20-15-. The molecule has 0 fully saturated rings. The maximum Gasteiger partial charge on any atom is 0.187 e. The number of allylic oxidation sites excluding steroid dienone is 1. The molecule has 0 radical (unpaired) electrons. The van der Waals surface area contributed by atoms with Crippen LogP contribution < -0.4 is 5.32 Å². The van der Waals surface area contributed by atoms with Crippen LogP contribution in [0.5, 0.6) is 5.75 Å². The number of carbonyl (C=O) groups is 1. The van der Waals surface area contributed by atoms with E-state index in [2.05, 4.69) is 5.32 Å². The van der Waals surface area contributed by atoms with Gasteiger partial charge in [0.1, 0.15) is 5.75 Å². The number of carbonyl (C=O) groups excluding carboxylic acids is 1. The summed E-state index contributed by atoms with van der Waals surface area (Å²) in [6, 6.07) is 24.0. The zero-order valence-electron chi connectivity index (χ0n) is 13.9. The Morgan fingerprint density at radius 2 is 1.48 bits per heavy atom. The molecule has 0 bridgehead atoms. The molecule has 0 unspecified atom stereocenters. The molecule has 0 saturated carbocycles. The molecular weight excluding hydrogens is 310 g/mol. The van der Waals surface area contributed by atoms with E-state index in [1.54, 1.807) is 36.4 Å². The molecule has 25 heavy (non-hydrogen) atoms. The minimum Gasteiger partial charge on any atom is -0.506 e. The molecular formula is C22H19NO2. The summed E-state index contributed by atoms with van der Waals surface area (Å²) in [5, 5.41) is 13.2. The average molecular weight is 329 g/mol. The lowest BCUT2D eigenvalue weighted by Gasteiger charge is -2.13. The van der Waals surface area contributed by atoms with Gasteiger partial charge in [-0.05, 0) is 24.6 Å². The Bertz CT molecular complexity index is 897. The van der Waals surface area contributed by atoms with Crippen LogP contribution in [-0.4, -0.2) is 10.9 Å². The van der Waals surface area contributed by atoms with Gasteiger partial charge in [0.15, 0.2) is 5.78 Å². The van der Waals surface area contributed by atoms with E-state index in [1.165, 1.54) is 0 Å². The number of para-hydroxylation sites is 2. The largest absolute Gasteiger partial charge is 0.506 e. The summed E-state index contributed by atoms with van der Waals surface area (Å²) >= 11 is 0. The zero-order valence-corrected chi connectivity index (χ0v) is 13.9. The number of rotatable bonds is 5. The highest BCUT2D eigenvalue weighted by Crippen LogP contribution is 2.27. The van der Waals surface area contributed by atoms with Crippen LogP contribution in [0.1, 0.15) is 21.5 Å². The maximum atomic E-state index is 12.6. The predicted molar refractivity (Wildman–Crippen MR) is 102 cm³/mol. The molecule has 0 aliphatic heterocycles.